The summed E-state index contributed by atoms with van der Waals surface area (Å²) in [7, 11) is 0. The highest BCUT2D eigenvalue weighted by Crippen LogP contribution is 2.34. The lowest BCUT2D eigenvalue weighted by molar-refractivity contribution is 0.110. The van der Waals surface area contributed by atoms with Gasteiger partial charge < -0.3 is 19.5 Å². The van der Waals surface area contributed by atoms with Crippen molar-refractivity contribution in [3.8, 4) is 16.9 Å². The second-order valence-corrected chi connectivity index (χ2v) is 9.54. The maximum atomic E-state index is 13.8. The van der Waals surface area contributed by atoms with Crippen LogP contribution in [0.25, 0.3) is 22.2 Å². The molecule has 3 aromatic carbocycles. The van der Waals surface area contributed by atoms with Crippen molar-refractivity contribution in [2.75, 3.05) is 19.7 Å². The number of fused-ring (bicyclic) bond motifs is 2. The number of carbonyl (C=O) groups excluding carboxylic acids is 1. The zero-order valence-electron chi connectivity index (χ0n) is 20.0. The van der Waals surface area contributed by atoms with E-state index < -0.39 is 0 Å². The monoisotopic (exact) mass is 466 g/mol. The van der Waals surface area contributed by atoms with Crippen molar-refractivity contribution in [3.05, 3.63) is 83.7 Å². The van der Waals surface area contributed by atoms with Gasteiger partial charge in [-0.05, 0) is 67.1 Å². The number of amides is 2. The maximum Gasteiger partial charge on any atom is 0.320 e. The lowest BCUT2D eigenvalue weighted by Gasteiger charge is -2.39. The van der Waals surface area contributed by atoms with Crippen LogP contribution in [0.4, 0.5) is 4.79 Å². The highest BCUT2D eigenvalue weighted by molar-refractivity contribution is 5.82. The summed E-state index contributed by atoms with van der Waals surface area (Å²) in [6.45, 7) is 4.40. The van der Waals surface area contributed by atoms with Crippen LogP contribution in [0.2, 0.25) is 0 Å². The van der Waals surface area contributed by atoms with Crippen LogP contribution in [0.3, 0.4) is 0 Å². The van der Waals surface area contributed by atoms with Crippen molar-refractivity contribution in [2.24, 2.45) is 0 Å². The Bertz CT molecular complexity index is 1360. The van der Waals surface area contributed by atoms with E-state index in [1.807, 2.05) is 30.0 Å². The molecule has 4 aromatic rings. The standard InChI is InChI=1S/C29H30N4O2/c1-20-30-25-12-10-23(18-26(25)31-20)22-11-13-28-24(17-22)19-32(15-16-35-28)29(34)33-14-6-5-9-27(33)21-7-3-2-4-8-21/h2-4,7-8,10-13,17-18,27H,5-6,9,14-16,19H2,1H3,(H,30,31)/t27-/m1/s1. The van der Waals surface area contributed by atoms with Crippen molar-refractivity contribution in [1.82, 2.24) is 19.8 Å². The van der Waals surface area contributed by atoms with Crippen LogP contribution >= 0.6 is 0 Å². The number of nitrogens with zero attached hydrogens (tertiary/aromatic N) is 3. The van der Waals surface area contributed by atoms with Gasteiger partial charge in [-0.25, -0.2) is 9.78 Å². The fourth-order valence-corrected chi connectivity index (χ4v) is 5.42. The highest BCUT2D eigenvalue weighted by atomic mass is 16.5. The van der Waals surface area contributed by atoms with Gasteiger partial charge in [0.15, 0.2) is 0 Å². The van der Waals surface area contributed by atoms with Crippen molar-refractivity contribution < 1.29 is 9.53 Å². The largest absolute Gasteiger partial charge is 0.491 e. The fourth-order valence-electron chi connectivity index (χ4n) is 5.42. The van der Waals surface area contributed by atoms with E-state index in [2.05, 4.69) is 63.4 Å². The molecule has 6 heteroatoms. The molecule has 2 amide bonds. The third-order valence-electron chi connectivity index (χ3n) is 7.18. The Hall–Kier alpha value is -3.80. The number of urea groups is 1. The Kier molecular flexibility index (Phi) is 5.64. The van der Waals surface area contributed by atoms with Gasteiger partial charge >= 0.3 is 6.03 Å². The van der Waals surface area contributed by atoms with E-state index in [9.17, 15) is 4.79 Å². The van der Waals surface area contributed by atoms with Crippen molar-refractivity contribution in [1.29, 1.82) is 0 Å². The van der Waals surface area contributed by atoms with Gasteiger partial charge in [-0.1, -0.05) is 42.5 Å². The molecule has 2 aliphatic heterocycles. The normalized spacial score (nSPS) is 18.1. The van der Waals surface area contributed by atoms with Crippen molar-refractivity contribution >= 4 is 17.1 Å². The van der Waals surface area contributed by atoms with Gasteiger partial charge in [0.2, 0.25) is 0 Å². The first-order valence-electron chi connectivity index (χ1n) is 12.5. The summed E-state index contributed by atoms with van der Waals surface area (Å²) in [5.41, 5.74) is 6.49. The van der Waals surface area contributed by atoms with E-state index in [1.54, 1.807) is 0 Å². The van der Waals surface area contributed by atoms with E-state index in [0.29, 0.717) is 19.7 Å². The SMILES string of the molecule is Cc1nc2ccc(-c3ccc4c(c3)CN(C(=O)N3CCCC[C@@H]3c3ccccc3)CCO4)cc2[nH]1. The molecular weight excluding hydrogens is 436 g/mol. The summed E-state index contributed by atoms with van der Waals surface area (Å²) in [5.74, 6) is 1.77. The van der Waals surface area contributed by atoms with E-state index in [4.69, 9.17) is 4.74 Å². The molecule has 6 rings (SSSR count). The molecule has 2 aliphatic rings. The molecule has 0 bridgehead atoms. The van der Waals surface area contributed by atoms with Crippen LogP contribution in [-0.4, -0.2) is 45.5 Å². The lowest BCUT2D eigenvalue weighted by atomic mass is 9.95. The molecule has 3 heterocycles. The zero-order chi connectivity index (χ0) is 23.8. The van der Waals surface area contributed by atoms with Gasteiger partial charge in [0.1, 0.15) is 18.2 Å². The third kappa shape index (κ3) is 4.25. The van der Waals surface area contributed by atoms with E-state index in [-0.39, 0.29) is 12.1 Å². The van der Waals surface area contributed by atoms with Crippen molar-refractivity contribution in [2.45, 2.75) is 38.8 Å². The first-order chi connectivity index (χ1) is 17.2. The molecular formula is C29H30N4O2. The second-order valence-electron chi connectivity index (χ2n) is 9.54. The minimum absolute atomic E-state index is 0.106. The molecule has 0 aliphatic carbocycles. The number of hydrogen-bond acceptors (Lipinski definition) is 3. The molecule has 1 fully saturated rings. The van der Waals surface area contributed by atoms with E-state index in [1.165, 1.54) is 5.56 Å². The lowest BCUT2D eigenvalue weighted by Crippen LogP contribution is -2.47. The Morgan fingerprint density at radius 3 is 2.71 bits per heavy atom. The Labute approximate surface area is 205 Å². The van der Waals surface area contributed by atoms with E-state index >= 15 is 0 Å². The number of likely N-dealkylation sites (tertiary alicyclic amines) is 1. The summed E-state index contributed by atoms with van der Waals surface area (Å²) in [5, 5.41) is 0. The molecule has 35 heavy (non-hydrogen) atoms. The van der Waals surface area contributed by atoms with Gasteiger partial charge in [-0.15, -0.1) is 0 Å². The molecule has 0 radical (unpaired) electrons. The van der Waals surface area contributed by atoms with Gasteiger partial charge in [0.05, 0.1) is 30.2 Å². The minimum Gasteiger partial charge on any atom is -0.491 e. The average Bonchev–Trinajstić information content (AvgIpc) is 3.14. The van der Waals surface area contributed by atoms with Gasteiger partial charge in [-0.3, -0.25) is 0 Å². The number of hydrogen-bond donors (Lipinski definition) is 1. The second kappa shape index (κ2) is 9.10. The van der Waals surface area contributed by atoms with Gasteiger partial charge in [-0.2, -0.15) is 0 Å². The Balaban J connectivity index is 1.27. The molecule has 0 unspecified atom stereocenters. The average molecular weight is 467 g/mol. The number of aryl methyl sites for hydroxylation is 1. The molecule has 0 spiro atoms. The predicted molar refractivity (Wildman–Crippen MR) is 137 cm³/mol. The third-order valence-corrected chi connectivity index (χ3v) is 7.18. The number of nitrogens with one attached hydrogen (secondary N) is 1. The number of H-pyrrole nitrogens is 1. The molecule has 1 saturated heterocycles. The zero-order valence-corrected chi connectivity index (χ0v) is 20.0. The number of aromatic nitrogens is 2. The van der Waals surface area contributed by atoms with Crippen LogP contribution in [0.15, 0.2) is 66.7 Å². The number of rotatable bonds is 2. The van der Waals surface area contributed by atoms with Crippen molar-refractivity contribution in [3.63, 3.8) is 0 Å². The molecule has 1 aromatic heterocycles. The molecule has 6 nitrogen and oxygen atoms in total. The Morgan fingerprint density at radius 2 is 1.83 bits per heavy atom. The maximum absolute atomic E-state index is 13.8. The summed E-state index contributed by atoms with van der Waals surface area (Å²) in [6.07, 6.45) is 3.21. The summed E-state index contributed by atoms with van der Waals surface area (Å²) < 4.78 is 6.06. The molecule has 0 saturated carbocycles. The summed E-state index contributed by atoms with van der Waals surface area (Å²) in [4.78, 5) is 25.6. The first-order valence-corrected chi connectivity index (χ1v) is 12.5. The number of piperidine rings is 1. The number of ether oxygens (including phenoxy) is 1. The smallest absolute Gasteiger partial charge is 0.320 e. The number of imidazole rings is 1. The highest BCUT2D eigenvalue weighted by Gasteiger charge is 2.32. The predicted octanol–water partition coefficient (Wildman–Crippen LogP) is 6.08. The topological polar surface area (TPSA) is 61.5 Å². The summed E-state index contributed by atoms with van der Waals surface area (Å²) in [6, 6.07) is 23.3. The van der Waals surface area contributed by atoms with E-state index in [0.717, 1.165) is 65.1 Å². The van der Waals surface area contributed by atoms with Crippen LogP contribution in [0.1, 0.15) is 42.3 Å². The fraction of sp³-hybridized carbons (Fsp3) is 0.310. The minimum atomic E-state index is 0.106. The molecule has 178 valence electrons. The Morgan fingerprint density at radius 1 is 1.00 bits per heavy atom. The molecule has 1 N–H and O–H groups in total. The van der Waals surface area contributed by atoms with Crippen LogP contribution < -0.4 is 4.74 Å². The summed E-state index contributed by atoms with van der Waals surface area (Å²) >= 11 is 0. The van der Waals surface area contributed by atoms with Crippen LogP contribution in [-0.2, 0) is 6.54 Å². The quantitative estimate of drug-likeness (QED) is 0.389. The van der Waals surface area contributed by atoms with Crippen LogP contribution in [0.5, 0.6) is 5.75 Å². The molecule has 1 atom stereocenters. The van der Waals surface area contributed by atoms with Gasteiger partial charge in [0, 0.05) is 12.1 Å². The van der Waals surface area contributed by atoms with Gasteiger partial charge in [0.25, 0.3) is 0 Å². The number of benzene rings is 3. The number of aromatic amines is 1. The van der Waals surface area contributed by atoms with Crippen LogP contribution in [0, 0.1) is 6.92 Å². The number of carbonyl (C=O) groups is 1. The first kappa shape index (κ1) is 21.7.